The highest BCUT2D eigenvalue weighted by atomic mass is 19.4. The predicted molar refractivity (Wildman–Crippen MR) is 176 cm³/mol. The van der Waals surface area contributed by atoms with Crippen LogP contribution >= 0.6 is 0 Å². The van der Waals surface area contributed by atoms with Crippen molar-refractivity contribution in [2.24, 2.45) is 11.3 Å². The largest absolute Gasteiger partial charge is 0.497 e. The molecule has 47 heavy (non-hydrogen) atoms. The van der Waals surface area contributed by atoms with Crippen molar-refractivity contribution in [3.8, 4) is 11.6 Å². The number of rotatable bonds is 14. The van der Waals surface area contributed by atoms with E-state index >= 15 is 0 Å². The number of alkyl halides is 3. The van der Waals surface area contributed by atoms with Crippen molar-refractivity contribution in [2.45, 2.75) is 116 Å². The first kappa shape index (κ1) is 37.0. The Balaban J connectivity index is 1.45. The fraction of sp³-hybridized carbons (Fsp3) is 0.676. The lowest BCUT2D eigenvalue weighted by Gasteiger charge is -2.46. The summed E-state index contributed by atoms with van der Waals surface area (Å²) in [5, 5.41) is 0. The molecule has 0 N–H and O–H groups in total. The SMILES string of the molecule is CCOC(=O)CC1CCC(Oc2ccc(CN(CC[C@@]3(c4ccc(OC)cc4)CCOC(C)(C)C3)CC(C)(C)C(F)(F)F)cn2)CC1. The molecule has 0 unspecified atom stereocenters. The number of hydrogen-bond acceptors (Lipinski definition) is 7. The van der Waals surface area contributed by atoms with Gasteiger partial charge in [-0.1, -0.05) is 18.2 Å². The zero-order valence-corrected chi connectivity index (χ0v) is 29.0. The van der Waals surface area contributed by atoms with Crippen molar-refractivity contribution >= 4 is 5.97 Å². The summed E-state index contributed by atoms with van der Waals surface area (Å²) in [7, 11) is 1.64. The number of carbonyl (C=O) groups excluding carboxylic acids is 1. The lowest BCUT2D eigenvalue weighted by atomic mass is 9.67. The Morgan fingerprint density at radius 2 is 1.77 bits per heavy atom. The van der Waals surface area contributed by atoms with E-state index in [-0.39, 0.29) is 29.6 Å². The number of nitrogens with zero attached hydrogens (tertiary/aromatic N) is 2. The number of ether oxygens (including phenoxy) is 4. The van der Waals surface area contributed by atoms with Gasteiger partial charge in [0.25, 0.3) is 0 Å². The molecule has 7 nitrogen and oxygen atoms in total. The van der Waals surface area contributed by atoms with Gasteiger partial charge in [0.05, 0.1) is 24.7 Å². The minimum absolute atomic E-state index is 0.0220. The predicted octanol–water partition coefficient (Wildman–Crippen LogP) is 8.29. The van der Waals surface area contributed by atoms with Crippen LogP contribution in [-0.2, 0) is 26.2 Å². The molecule has 4 rings (SSSR count). The number of esters is 1. The summed E-state index contributed by atoms with van der Waals surface area (Å²) in [6.07, 6.45) is 3.55. The molecular weight excluding hydrogens is 609 g/mol. The maximum atomic E-state index is 14.1. The summed E-state index contributed by atoms with van der Waals surface area (Å²) >= 11 is 0. The lowest BCUT2D eigenvalue weighted by Crippen LogP contribution is -2.47. The highest BCUT2D eigenvalue weighted by molar-refractivity contribution is 5.69. The molecule has 0 amide bonds. The Labute approximate surface area is 278 Å². The molecular formula is C37H53F3N2O5. The summed E-state index contributed by atoms with van der Waals surface area (Å²) in [6, 6.07) is 11.8. The van der Waals surface area contributed by atoms with Gasteiger partial charge in [-0.2, -0.15) is 13.2 Å². The summed E-state index contributed by atoms with van der Waals surface area (Å²) in [5.74, 6) is 1.44. The number of carbonyl (C=O) groups is 1. The number of hydrogen-bond donors (Lipinski definition) is 0. The van der Waals surface area contributed by atoms with Gasteiger partial charge < -0.3 is 18.9 Å². The van der Waals surface area contributed by atoms with E-state index in [0.717, 1.165) is 55.4 Å². The summed E-state index contributed by atoms with van der Waals surface area (Å²) in [4.78, 5) is 18.3. The van der Waals surface area contributed by atoms with E-state index in [1.807, 2.05) is 36.1 Å². The number of aromatic nitrogens is 1. The Bertz CT molecular complexity index is 1270. The second-order valence-electron chi connectivity index (χ2n) is 14.7. The van der Waals surface area contributed by atoms with Crippen LogP contribution in [0.25, 0.3) is 0 Å². The molecule has 1 saturated heterocycles. The molecule has 0 bridgehead atoms. The molecule has 1 aliphatic carbocycles. The Hall–Kier alpha value is -2.85. The summed E-state index contributed by atoms with van der Waals surface area (Å²) < 4.78 is 65.1. The molecule has 1 saturated carbocycles. The van der Waals surface area contributed by atoms with Crippen molar-refractivity contribution in [3.05, 3.63) is 53.7 Å². The second kappa shape index (κ2) is 15.6. The molecule has 2 fully saturated rings. The summed E-state index contributed by atoms with van der Waals surface area (Å²) in [5.41, 5.74) is -0.506. The minimum Gasteiger partial charge on any atom is -0.497 e. The van der Waals surface area contributed by atoms with Crippen LogP contribution in [0.1, 0.15) is 97.1 Å². The van der Waals surface area contributed by atoms with E-state index in [4.69, 9.17) is 18.9 Å². The average Bonchev–Trinajstić information content (AvgIpc) is 3.01. The lowest BCUT2D eigenvalue weighted by molar-refractivity contribution is -0.217. The second-order valence-corrected chi connectivity index (χ2v) is 14.7. The summed E-state index contributed by atoms with van der Waals surface area (Å²) in [6.45, 7) is 10.2. The molecule has 1 aromatic carbocycles. The normalized spacial score (nSPS) is 23.4. The Morgan fingerprint density at radius 1 is 1.06 bits per heavy atom. The van der Waals surface area contributed by atoms with Gasteiger partial charge in [-0.15, -0.1) is 0 Å². The molecule has 2 aliphatic rings. The molecule has 1 aromatic heterocycles. The van der Waals surface area contributed by atoms with Crippen LogP contribution in [0.4, 0.5) is 13.2 Å². The third-order valence-electron chi connectivity index (χ3n) is 9.88. The minimum atomic E-state index is -4.34. The van der Waals surface area contributed by atoms with Gasteiger partial charge in [0.2, 0.25) is 5.88 Å². The van der Waals surface area contributed by atoms with Crippen molar-refractivity contribution in [1.29, 1.82) is 0 Å². The first-order valence-electron chi connectivity index (χ1n) is 17.0. The first-order valence-corrected chi connectivity index (χ1v) is 17.0. The van der Waals surface area contributed by atoms with Gasteiger partial charge in [0, 0.05) is 43.8 Å². The molecule has 262 valence electrons. The average molecular weight is 663 g/mol. The fourth-order valence-corrected chi connectivity index (χ4v) is 7.17. The van der Waals surface area contributed by atoms with Crippen molar-refractivity contribution in [3.63, 3.8) is 0 Å². The molecule has 2 aromatic rings. The number of methoxy groups -OCH3 is 1. The number of benzene rings is 1. The third-order valence-corrected chi connectivity index (χ3v) is 9.88. The fourth-order valence-electron chi connectivity index (χ4n) is 7.17. The topological polar surface area (TPSA) is 70.1 Å². The Morgan fingerprint density at radius 3 is 2.34 bits per heavy atom. The van der Waals surface area contributed by atoms with Gasteiger partial charge in [-0.05, 0) is 115 Å². The quantitative estimate of drug-likeness (QED) is 0.189. The van der Waals surface area contributed by atoms with E-state index < -0.39 is 11.6 Å². The molecule has 1 aliphatic heterocycles. The third kappa shape index (κ3) is 10.3. The van der Waals surface area contributed by atoms with E-state index in [1.165, 1.54) is 13.8 Å². The van der Waals surface area contributed by atoms with Gasteiger partial charge in [-0.25, -0.2) is 4.98 Å². The van der Waals surface area contributed by atoms with Crippen LogP contribution in [0.15, 0.2) is 42.6 Å². The van der Waals surface area contributed by atoms with Crippen molar-refractivity contribution in [2.75, 3.05) is 33.4 Å². The standard InChI is InChI=1S/C37H53F3N2O5/c1-7-45-33(43)22-27-8-13-31(14-9-27)47-32-17-10-28(23-41-32)24-42(26-34(2,3)37(38,39)40)20-18-36(19-21-46-35(4,5)25-36)29-11-15-30(44-6)16-12-29/h10-12,15-17,23,27,31H,7-9,13-14,18-22,24-26H2,1-6H3/t27?,31?,36-/m1/s1. The van der Waals surface area contributed by atoms with Crippen LogP contribution in [0.2, 0.25) is 0 Å². The van der Waals surface area contributed by atoms with Crippen LogP contribution in [0.5, 0.6) is 11.6 Å². The number of pyridine rings is 1. The van der Waals surface area contributed by atoms with Crippen LogP contribution in [-0.4, -0.2) is 67.1 Å². The zero-order chi connectivity index (χ0) is 34.3. The zero-order valence-electron chi connectivity index (χ0n) is 29.0. The maximum absolute atomic E-state index is 14.1. The van der Waals surface area contributed by atoms with Crippen molar-refractivity contribution < 1.29 is 36.9 Å². The van der Waals surface area contributed by atoms with E-state index in [2.05, 4.69) is 31.0 Å². The molecule has 2 heterocycles. The monoisotopic (exact) mass is 662 g/mol. The van der Waals surface area contributed by atoms with Crippen LogP contribution < -0.4 is 9.47 Å². The van der Waals surface area contributed by atoms with E-state index in [1.54, 1.807) is 13.3 Å². The van der Waals surface area contributed by atoms with Gasteiger partial charge >= 0.3 is 12.1 Å². The van der Waals surface area contributed by atoms with Crippen LogP contribution in [0.3, 0.4) is 0 Å². The number of halogens is 3. The van der Waals surface area contributed by atoms with Crippen LogP contribution in [0, 0.1) is 11.3 Å². The van der Waals surface area contributed by atoms with Crippen molar-refractivity contribution in [1.82, 2.24) is 9.88 Å². The first-order chi connectivity index (χ1) is 22.1. The Kier molecular flexibility index (Phi) is 12.3. The van der Waals surface area contributed by atoms with Gasteiger partial charge in [0.1, 0.15) is 11.9 Å². The molecule has 1 atom stereocenters. The van der Waals surface area contributed by atoms with E-state index in [0.29, 0.717) is 50.9 Å². The van der Waals surface area contributed by atoms with E-state index in [9.17, 15) is 18.0 Å². The highest BCUT2D eigenvalue weighted by Gasteiger charge is 2.48. The molecule has 0 spiro atoms. The highest BCUT2D eigenvalue weighted by Crippen LogP contribution is 2.45. The van der Waals surface area contributed by atoms with Gasteiger partial charge in [0.15, 0.2) is 0 Å². The molecule has 10 heteroatoms. The smallest absolute Gasteiger partial charge is 0.395 e. The van der Waals surface area contributed by atoms with Gasteiger partial charge in [-0.3, -0.25) is 9.69 Å². The molecule has 0 radical (unpaired) electrons. The maximum Gasteiger partial charge on any atom is 0.395 e.